The number of aryl methyl sites for hydroxylation is 1. The van der Waals surface area contributed by atoms with E-state index in [4.69, 9.17) is 4.74 Å². The standard InChI is InChI=1S/C14H17N3O4S2/c18-13-8-11(15-10-16-13)3-4-12-9-17(5-6-21-12)23(19,20)14-2-1-7-22-14/h1-2,7-8,10,12H,3-6,9H2,(H,15,16,18)/t12-/m1/s1. The number of sulfonamides is 1. The van der Waals surface area contributed by atoms with Crippen LogP contribution < -0.4 is 5.56 Å². The Bertz CT molecular complexity index is 801. The number of hydrogen-bond donors (Lipinski definition) is 1. The van der Waals surface area contributed by atoms with E-state index in [0.29, 0.717) is 42.4 Å². The Kier molecular flexibility index (Phi) is 4.90. The van der Waals surface area contributed by atoms with E-state index >= 15 is 0 Å². The molecule has 0 unspecified atom stereocenters. The zero-order valence-electron chi connectivity index (χ0n) is 12.3. The second-order valence-electron chi connectivity index (χ2n) is 5.23. The number of nitrogens with zero attached hydrogens (tertiary/aromatic N) is 2. The first-order valence-corrected chi connectivity index (χ1v) is 9.56. The molecule has 0 aliphatic carbocycles. The van der Waals surface area contributed by atoms with E-state index in [9.17, 15) is 13.2 Å². The summed E-state index contributed by atoms with van der Waals surface area (Å²) in [7, 11) is -3.44. The number of morpholine rings is 1. The summed E-state index contributed by atoms with van der Waals surface area (Å²) in [5.74, 6) is 0. The van der Waals surface area contributed by atoms with Crippen molar-refractivity contribution in [1.29, 1.82) is 0 Å². The average Bonchev–Trinajstić information content (AvgIpc) is 3.09. The summed E-state index contributed by atoms with van der Waals surface area (Å²) in [6, 6.07) is 4.79. The zero-order chi connectivity index (χ0) is 16.3. The number of aromatic amines is 1. The molecule has 1 aliphatic rings. The molecule has 9 heteroatoms. The van der Waals surface area contributed by atoms with Gasteiger partial charge < -0.3 is 9.72 Å². The molecule has 0 bridgehead atoms. The third-order valence-corrected chi connectivity index (χ3v) is 6.89. The molecule has 3 heterocycles. The van der Waals surface area contributed by atoms with Gasteiger partial charge in [0.25, 0.3) is 15.6 Å². The molecule has 7 nitrogen and oxygen atoms in total. The fraction of sp³-hybridized carbons (Fsp3) is 0.429. The molecular formula is C14H17N3O4S2. The third-order valence-electron chi connectivity index (χ3n) is 3.65. The van der Waals surface area contributed by atoms with Crippen LogP contribution >= 0.6 is 11.3 Å². The second kappa shape index (κ2) is 6.91. The fourth-order valence-electron chi connectivity index (χ4n) is 2.48. The zero-order valence-corrected chi connectivity index (χ0v) is 14.0. The molecule has 2 aromatic heterocycles. The second-order valence-corrected chi connectivity index (χ2v) is 8.34. The van der Waals surface area contributed by atoms with Crippen LogP contribution in [0.15, 0.2) is 38.9 Å². The molecule has 1 atom stereocenters. The average molecular weight is 355 g/mol. The fourth-order valence-corrected chi connectivity index (χ4v) is 5.08. The summed E-state index contributed by atoms with van der Waals surface area (Å²) < 4.78 is 32.6. The van der Waals surface area contributed by atoms with Gasteiger partial charge in [0.15, 0.2) is 0 Å². The van der Waals surface area contributed by atoms with E-state index < -0.39 is 10.0 Å². The number of rotatable bonds is 5. The molecule has 1 fully saturated rings. The molecule has 0 saturated carbocycles. The molecule has 1 aliphatic heterocycles. The van der Waals surface area contributed by atoms with Crippen molar-refractivity contribution >= 4 is 21.4 Å². The Labute approximate surface area is 138 Å². The highest BCUT2D eigenvalue weighted by Crippen LogP contribution is 2.23. The van der Waals surface area contributed by atoms with Crippen molar-refractivity contribution in [1.82, 2.24) is 14.3 Å². The predicted molar refractivity (Wildman–Crippen MR) is 86.0 cm³/mol. The van der Waals surface area contributed by atoms with Gasteiger partial charge in [-0.05, 0) is 24.3 Å². The van der Waals surface area contributed by atoms with Crippen molar-refractivity contribution in [2.75, 3.05) is 19.7 Å². The maximum Gasteiger partial charge on any atom is 0.252 e. The van der Waals surface area contributed by atoms with Crippen LogP contribution in [-0.4, -0.2) is 48.5 Å². The van der Waals surface area contributed by atoms with Gasteiger partial charge in [-0.1, -0.05) is 6.07 Å². The van der Waals surface area contributed by atoms with Gasteiger partial charge in [-0.2, -0.15) is 4.31 Å². The Morgan fingerprint density at radius 1 is 1.48 bits per heavy atom. The Balaban J connectivity index is 1.63. The highest BCUT2D eigenvalue weighted by molar-refractivity contribution is 7.91. The summed E-state index contributed by atoms with van der Waals surface area (Å²) in [6.45, 7) is 1.06. The summed E-state index contributed by atoms with van der Waals surface area (Å²) in [5.41, 5.74) is 0.483. The molecule has 1 N–H and O–H groups in total. The molecule has 3 rings (SSSR count). The molecule has 2 aromatic rings. The number of aromatic nitrogens is 2. The Morgan fingerprint density at radius 2 is 2.35 bits per heavy atom. The Morgan fingerprint density at radius 3 is 3.09 bits per heavy atom. The van der Waals surface area contributed by atoms with Crippen molar-refractivity contribution < 1.29 is 13.2 Å². The number of thiophene rings is 1. The number of H-pyrrole nitrogens is 1. The molecular weight excluding hydrogens is 338 g/mol. The molecule has 23 heavy (non-hydrogen) atoms. The molecule has 0 spiro atoms. The SMILES string of the molecule is O=c1cc(CC[C@@H]2CN(S(=O)(=O)c3cccs3)CCO2)nc[nH]1. The van der Waals surface area contributed by atoms with Gasteiger partial charge in [0.2, 0.25) is 0 Å². The predicted octanol–water partition coefficient (Wildman–Crippen LogP) is 0.854. The van der Waals surface area contributed by atoms with Gasteiger partial charge in [-0.3, -0.25) is 4.79 Å². The molecule has 0 aromatic carbocycles. The first-order valence-electron chi connectivity index (χ1n) is 7.24. The van der Waals surface area contributed by atoms with Gasteiger partial charge in [0.1, 0.15) is 4.21 Å². The van der Waals surface area contributed by atoms with Crippen LogP contribution in [0.4, 0.5) is 0 Å². The van der Waals surface area contributed by atoms with Crippen LogP contribution in [0.3, 0.4) is 0 Å². The largest absolute Gasteiger partial charge is 0.375 e. The van der Waals surface area contributed by atoms with E-state index in [1.165, 1.54) is 28.0 Å². The van der Waals surface area contributed by atoms with Crippen molar-refractivity contribution in [3.05, 3.63) is 46.0 Å². The van der Waals surface area contributed by atoms with Gasteiger partial charge in [-0.15, -0.1) is 11.3 Å². The van der Waals surface area contributed by atoms with Crippen LogP contribution in [0.5, 0.6) is 0 Å². The number of nitrogens with one attached hydrogen (secondary N) is 1. The molecule has 1 saturated heterocycles. The lowest BCUT2D eigenvalue weighted by atomic mass is 10.1. The van der Waals surface area contributed by atoms with E-state index in [0.717, 1.165) is 0 Å². The molecule has 0 amide bonds. The van der Waals surface area contributed by atoms with E-state index in [-0.39, 0.29) is 11.7 Å². The van der Waals surface area contributed by atoms with Crippen LogP contribution in [0.2, 0.25) is 0 Å². The summed E-state index contributed by atoms with van der Waals surface area (Å²) >= 11 is 1.22. The first kappa shape index (κ1) is 16.3. The normalized spacial score (nSPS) is 19.7. The number of hydrogen-bond acceptors (Lipinski definition) is 6. The number of ether oxygens (including phenoxy) is 1. The molecule has 0 radical (unpaired) electrons. The topological polar surface area (TPSA) is 92.4 Å². The van der Waals surface area contributed by atoms with E-state index in [1.54, 1.807) is 17.5 Å². The minimum Gasteiger partial charge on any atom is -0.375 e. The van der Waals surface area contributed by atoms with Crippen LogP contribution in [0.25, 0.3) is 0 Å². The van der Waals surface area contributed by atoms with Crippen molar-refractivity contribution in [3.63, 3.8) is 0 Å². The van der Waals surface area contributed by atoms with E-state index in [2.05, 4.69) is 9.97 Å². The van der Waals surface area contributed by atoms with Crippen LogP contribution in [0, 0.1) is 0 Å². The van der Waals surface area contributed by atoms with Gasteiger partial charge >= 0.3 is 0 Å². The summed E-state index contributed by atoms with van der Waals surface area (Å²) in [5, 5.41) is 1.75. The summed E-state index contributed by atoms with van der Waals surface area (Å²) in [6.07, 6.45) is 2.36. The third kappa shape index (κ3) is 3.86. The highest BCUT2D eigenvalue weighted by Gasteiger charge is 2.31. The monoisotopic (exact) mass is 355 g/mol. The maximum atomic E-state index is 12.5. The van der Waals surface area contributed by atoms with Crippen molar-refractivity contribution in [3.8, 4) is 0 Å². The lowest BCUT2D eigenvalue weighted by Crippen LogP contribution is -2.45. The minimum atomic E-state index is -3.44. The lowest BCUT2D eigenvalue weighted by Gasteiger charge is -2.31. The summed E-state index contributed by atoms with van der Waals surface area (Å²) in [4.78, 5) is 17.8. The Hall–Kier alpha value is -1.55. The van der Waals surface area contributed by atoms with Crippen molar-refractivity contribution in [2.24, 2.45) is 0 Å². The van der Waals surface area contributed by atoms with E-state index in [1.807, 2.05) is 0 Å². The van der Waals surface area contributed by atoms with Gasteiger partial charge in [0.05, 0.1) is 19.0 Å². The molecule has 124 valence electrons. The van der Waals surface area contributed by atoms with Gasteiger partial charge in [0, 0.05) is 24.8 Å². The smallest absolute Gasteiger partial charge is 0.252 e. The van der Waals surface area contributed by atoms with Crippen LogP contribution in [0.1, 0.15) is 12.1 Å². The maximum absolute atomic E-state index is 12.5. The van der Waals surface area contributed by atoms with Crippen LogP contribution in [-0.2, 0) is 21.2 Å². The minimum absolute atomic E-state index is 0.193. The van der Waals surface area contributed by atoms with Gasteiger partial charge in [-0.25, -0.2) is 13.4 Å². The highest BCUT2D eigenvalue weighted by atomic mass is 32.2. The quantitative estimate of drug-likeness (QED) is 0.858. The van der Waals surface area contributed by atoms with Crippen molar-refractivity contribution in [2.45, 2.75) is 23.2 Å². The lowest BCUT2D eigenvalue weighted by molar-refractivity contribution is -0.00533. The first-order chi connectivity index (χ1) is 11.1.